The molecule has 0 bridgehead atoms. The quantitative estimate of drug-likeness (QED) is 0.789. The summed E-state index contributed by atoms with van der Waals surface area (Å²) in [7, 11) is -2.19. The molecule has 0 aromatic heterocycles. The normalized spacial score (nSPS) is 13.4. The molecule has 0 saturated carbocycles. The van der Waals surface area contributed by atoms with Crippen LogP contribution in [0.4, 0.5) is 5.69 Å². The molecule has 0 atom stereocenters. The molecule has 0 heterocycles. The Kier molecular flexibility index (Phi) is 5.15. The van der Waals surface area contributed by atoms with Gasteiger partial charge in [0.15, 0.2) is 11.5 Å². The Hall–Kier alpha value is -2.25. The minimum absolute atomic E-state index is 0.0946. The molecule has 0 fully saturated rings. The first-order valence-corrected chi connectivity index (χ1v) is 9.58. The maximum Gasteiger partial charge on any atom is 0.261 e. The van der Waals surface area contributed by atoms with Gasteiger partial charge in [0.1, 0.15) is 6.61 Å². The topological polar surface area (TPSA) is 84.9 Å². The number of ether oxygens (including phenoxy) is 2. The van der Waals surface area contributed by atoms with Crippen LogP contribution in [0.15, 0.2) is 41.3 Å². The predicted molar refractivity (Wildman–Crippen MR) is 94.9 cm³/mol. The summed E-state index contributed by atoms with van der Waals surface area (Å²) in [6.07, 6.45) is 2.99. The summed E-state index contributed by atoms with van der Waals surface area (Å²) in [4.78, 5) is 0.252. The van der Waals surface area contributed by atoms with Crippen LogP contribution in [0, 0.1) is 0 Å². The predicted octanol–water partition coefficient (Wildman–Crippen LogP) is 2.36. The van der Waals surface area contributed by atoms with Crippen LogP contribution in [0.1, 0.15) is 17.5 Å². The van der Waals surface area contributed by atoms with Crippen molar-refractivity contribution in [1.29, 1.82) is 0 Å². The van der Waals surface area contributed by atoms with E-state index in [1.54, 1.807) is 30.3 Å². The van der Waals surface area contributed by atoms with Gasteiger partial charge < -0.3 is 14.6 Å². The Bertz CT molecular complexity index is 864. The molecule has 2 aromatic rings. The van der Waals surface area contributed by atoms with Gasteiger partial charge in [0, 0.05) is 6.07 Å². The number of nitrogens with one attached hydrogen (secondary N) is 1. The number of fused-ring (bicyclic) bond motifs is 1. The summed E-state index contributed by atoms with van der Waals surface area (Å²) in [5.41, 5.74) is 2.70. The fourth-order valence-corrected chi connectivity index (χ4v) is 4.04. The van der Waals surface area contributed by atoms with Crippen molar-refractivity contribution >= 4 is 15.7 Å². The zero-order chi connectivity index (χ0) is 17.9. The first-order chi connectivity index (χ1) is 12.0. The molecule has 0 radical (unpaired) electrons. The minimum Gasteiger partial charge on any atom is -0.493 e. The van der Waals surface area contributed by atoms with Gasteiger partial charge in [-0.2, -0.15) is 0 Å². The molecule has 1 aliphatic carbocycles. The van der Waals surface area contributed by atoms with Crippen LogP contribution in [-0.2, 0) is 22.9 Å². The molecule has 3 rings (SSSR count). The number of aryl methyl sites for hydroxylation is 2. The van der Waals surface area contributed by atoms with E-state index >= 15 is 0 Å². The van der Waals surface area contributed by atoms with Crippen molar-refractivity contribution in [3.05, 3.63) is 47.5 Å². The SMILES string of the molecule is COc1ccc(NS(=O)(=O)c2ccc3c(c2)CCC3)cc1OCCO. The fraction of sp³-hybridized carbons (Fsp3) is 0.333. The van der Waals surface area contributed by atoms with Crippen molar-refractivity contribution in [2.24, 2.45) is 0 Å². The molecule has 2 aromatic carbocycles. The van der Waals surface area contributed by atoms with Crippen LogP contribution in [0.5, 0.6) is 11.5 Å². The number of benzene rings is 2. The highest BCUT2D eigenvalue weighted by Crippen LogP contribution is 2.31. The average Bonchev–Trinajstić information content (AvgIpc) is 3.07. The molecule has 6 nitrogen and oxygen atoms in total. The lowest BCUT2D eigenvalue weighted by molar-refractivity contribution is 0.196. The fourth-order valence-electron chi connectivity index (χ4n) is 2.94. The summed E-state index contributed by atoms with van der Waals surface area (Å²) in [6, 6.07) is 10.0. The number of anilines is 1. The van der Waals surface area contributed by atoms with Crippen LogP contribution in [0.2, 0.25) is 0 Å². The first-order valence-electron chi connectivity index (χ1n) is 8.10. The number of aliphatic hydroxyl groups is 1. The number of methoxy groups -OCH3 is 1. The standard InChI is InChI=1S/C18H21NO5S/c1-23-17-8-6-15(12-18(17)24-10-9-20)19-25(21,22)16-7-5-13-3-2-4-14(13)11-16/h5-8,11-12,19-20H,2-4,9-10H2,1H3. The molecule has 0 amide bonds. The van der Waals surface area contributed by atoms with E-state index in [-0.39, 0.29) is 18.1 Å². The summed E-state index contributed by atoms with van der Waals surface area (Å²) < 4.78 is 38.5. The van der Waals surface area contributed by atoms with Gasteiger partial charge in [-0.1, -0.05) is 6.07 Å². The second-order valence-corrected chi connectivity index (χ2v) is 7.51. The van der Waals surface area contributed by atoms with Crippen LogP contribution >= 0.6 is 0 Å². The monoisotopic (exact) mass is 363 g/mol. The van der Waals surface area contributed by atoms with Gasteiger partial charge in [-0.05, 0) is 54.7 Å². The minimum atomic E-state index is -3.69. The third-order valence-electron chi connectivity index (χ3n) is 4.14. The van der Waals surface area contributed by atoms with Crippen LogP contribution in [-0.4, -0.2) is 33.8 Å². The molecular formula is C18H21NO5S. The van der Waals surface area contributed by atoms with E-state index in [1.807, 2.05) is 6.07 Å². The van der Waals surface area contributed by atoms with E-state index in [0.29, 0.717) is 17.2 Å². The molecule has 0 aliphatic heterocycles. The second-order valence-electron chi connectivity index (χ2n) is 5.83. The number of sulfonamides is 1. The van der Waals surface area contributed by atoms with Crippen molar-refractivity contribution in [2.75, 3.05) is 25.0 Å². The van der Waals surface area contributed by atoms with E-state index in [1.165, 1.54) is 12.7 Å². The smallest absolute Gasteiger partial charge is 0.261 e. The summed E-state index contributed by atoms with van der Waals surface area (Å²) in [5.74, 6) is 0.833. The number of rotatable bonds is 7. The molecule has 0 spiro atoms. The number of aliphatic hydroxyl groups excluding tert-OH is 1. The Balaban J connectivity index is 1.85. The van der Waals surface area contributed by atoms with E-state index < -0.39 is 10.0 Å². The average molecular weight is 363 g/mol. The van der Waals surface area contributed by atoms with Gasteiger partial charge in [0.2, 0.25) is 0 Å². The van der Waals surface area contributed by atoms with Crippen molar-refractivity contribution < 1.29 is 23.0 Å². The molecule has 25 heavy (non-hydrogen) atoms. The first kappa shape index (κ1) is 17.6. The lowest BCUT2D eigenvalue weighted by Crippen LogP contribution is -2.13. The third kappa shape index (κ3) is 3.88. The third-order valence-corrected chi connectivity index (χ3v) is 5.52. The maximum atomic E-state index is 12.7. The van der Waals surface area contributed by atoms with Crippen LogP contribution in [0.25, 0.3) is 0 Å². The van der Waals surface area contributed by atoms with Crippen molar-refractivity contribution in [2.45, 2.75) is 24.2 Å². The van der Waals surface area contributed by atoms with Crippen LogP contribution in [0.3, 0.4) is 0 Å². The summed E-state index contributed by atoms with van der Waals surface area (Å²) >= 11 is 0. The largest absolute Gasteiger partial charge is 0.493 e. The lowest BCUT2D eigenvalue weighted by Gasteiger charge is -2.13. The van der Waals surface area contributed by atoms with Gasteiger partial charge >= 0.3 is 0 Å². The van der Waals surface area contributed by atoms with Crippen molar-refractivity contribution in [3.8, 4) is 11.5 Å². The molecule has 134 valence electrons. The van der Waals surface area contributed by atoms with E-state index in [9.17, 15) is 8.42 Å². The zero-order valence-corrected chi connectivity index (χ0v) is 14.8. The van der Waals surface area contributed by atoms with Gasteiger partial charge in [0.05, 0.1) is 24.3 Å². The second kappa shape index (κ2) is 7.33. The van der Waals surface area contributed by atoms with Gasteiger partial charge in [0.25, 0.3) is 10.0 Å². The molecule has 0 saturated heterocycles. The highest BCUT2D eigenvalue weighted by Gasteiger charge is 2.19. The van der Waals surface area contributed by atoms with Crippen LogP contribution < -0.4 is 14.2 Å². The molecule has 7 heteroatoms. The summed E-state index contributed by atoms with van der Waals surface area (Å²) in [6.45, 7) is -0.0500. The highest BCUT2D eigenvalue weighted by molar-refractivity contribution is 7.92. The zero-order valence-electron chi connectivity index (χ0n) is 14.0. The summed E-state index contributed by atoms with van der Waals surface area (Å²) in [5, 5.41) is 8.90. The maximum absolute atomic E-state index is 12.7. The Labute approximate surface area is 147 Å². The Morgan fingerprint density at radius 3 is 2.64 bits per heavy atom. The molecule has 0 unspecified atom stereocenters. The highest BCUT2D eigenvalue weighted by atomic mass is 32.2. The Morgan fingerprint density at radius 2 is 1.88 bits per heavy atom. The van der Waals surface area contributed by atoms with Crippen molar-refractivity contribution in [3.63, 3.8) is 0 Å². The molecule has 1 aliphatic rings. The molecule has 2 N–H and O–H groups in total. The van der Waals surface area contributed by atoms with Gasteiger partial charge in [-0.15, -0.1) is 0 Å². The van der Waals surface area contributed by atoms with E-state index in [0.717, 1.165) is 24.8 Å². The van der Waals surface area contributed by atoms with Gasteiger partial charge in [-0.3, -0.25) is 4.72 Å². The van der Waals surface area contributed by atoms with Gasteiger partial charge in [-0.25, -0.2) is 8.42 Å². The van der Waals surface area contributed by atoms with Crippen molar-refractivity contribution in [1.82, 2.24) is 0 Å². The van der Waals surface area contributed by atoms with E-state index in [2.05, 4.69) is 4.72 Å². The molecular weight excluding hydrogens is 342 g/mol. The number of hydrogen-bond acceptors (Lipinski definition) is 5. The Morgan fingerprint density at radius 1 is 1.08 bits per heavy atom. The lowest BCUT2D eigenvalue weighted by atomic mass is 10.1. The number of hydrogen-bond donors (Lipinski definition) is 2. The van der Waals surface area contributed by atoms with E-state index in [4.69, 9.17) is 14.6 Å².